The highest BCUT2D eigenvalue weighted by Crippen LogP contribution is 2.35. The Morgan fingerprint density at radius 3 is 2.21 bits per heavy atom. The number of fused-ring (bicyclic) bond motifs is 3. The van der Waals surface area contributed by atoms with Crippen molar-refractivity contribution in [3.05, 3.63) is 54.1 Å². The van der Waals surface area contributed by atoms with Crippen molar-refractivity contribution >= 4 is 11.4 Å². The zero-order chi connectivity index (χ0) is 13.4. The molecule has 2 aromatic rings. The molecule has 0 fully saturated rings. The van der Waals surface area contributed by atoms with E-state index in [1.165, 1.54) is 22.4 Å². The molecule has 0 N–H and O–H groups in total. The van der Waals surface area contributed by atoms with Gasteiger partial charge >= 0.3 is 0 Å². The molecule has 0 bridgehead atoms. The van der Waals surface area contributed by atoms with E-state index >= 15 is 0 Å². The highest BCUT2D eigenvalue weighted by Gasteiger charge is 2.19. The number of benzene rings is 2. The fraction of sp³-hybridized carbons (Fsp3) is 0.235. The number of nitrogens with zero attached hydrogens (tertiary/aromatic N) is 2. The molecule has 19 heavy (non-hydrogen) atoms. The van der Waals surface area contributed by atoms with Gasteiger partial charge in [-0.1, -0.05) is 42.5 Å². The van der Waals surface area contributed by atoms with E-state index in [2.05, 4.69) is 74.3 Å². The Bertz CT molecular complexity index is 643. The van der Waals surface area contributed by atoms with Gasteiger partial charge in [0.15, 0.2) is 0 Å². The molecule has 2 heteroatoms. The maximum Gasteiger partial charge on any atom is 0.118 e. The lowest BCUT2D eigenvalue weighted by molar-refractivity contribution is 0.722. The zero-order valence-corrected chi connectivity index (χ0v) is 11.6. The van der Waals surface area contributed by atoms with E-state index in [1.807, 2.05) is 0 Å². The normalized spacial score (nSPS) is 20.7. The van der Waals surface area contributed by atoms with Gasteiger partial charge in [-0.05, 0) is 25.5 Å². The number of hydrogen-bond donors (Lipinski definition) is 0. The Labute approximate surface area is 114 Å². The molecule has 2 aromatic carbocycles. The van der Waals surface area contributed by atoms with Crippen molar-refractivity contribution in [1.82, 2.24) is 0 Å². The first-order chi connectivity index (χ1) is 9.18. The van der Waals surface area contributed by atoms with E-state index in [-0.39, 0.29) is 6.17 Å². The maximum atomic E-state index is 4.80. The monoisotopic (exact) mass is 250 g/mol. The Hall–Kier alpha value is -2.09. The van der Waals surface area contributed by atoms with Gasteiger partial charge in [-0.3, -0.25) is 4.99 Å². The Kier molecular flexibility index (Phi) is 2.86. The van der Waals surface area contributed by atoms with Crippen molar-refractivity contribution in [2.24, 2.45) is 4.99 Å². The van der Waals surface area contributed by atoms with Crippen molar-refractivity contribution in [2.45, 2.75) is 20.0 Å². The zero-order valence-electron chi connectivity index (χ0n) is 11.6. The minimum absolute atomic E-state index is 0.148. The number of hydrogen-bond acceptors (Lipinski definition) is 2. The summed E-state index contributed by atoms with van der Waals surface area (Å²) in [5.74, 6) is 0. The van der Waals surface area contributed by atoms with Crippen molar-refractivity contribution in [3.63, 3.8) is 0 Å². The number of anilines is 1. The second kappa shape index (κ2) is 4.54. The largest absolute Gasteiger partial charge is 0.353 e. The van der Waals surface area contributed by atoms with Gasteiger partial charge in [0.2, 0.25) is 0 Å². The van der Waals surface area contributed by atoms with Crippen LogP contribution in [-0.2, 0) is 0 Å². The van der Waals surface area contributed by atoms with E-state index < -0.39 is 0 Å². The molecule has 0 saturated heterocycles. The van der Waals surface area contributed by atoms with E-state index in [9.17, 15) is 0 Å². The van der Waals surface area contributed by atoms with Crippen LogP contribution < -0.4 is 4.90 Å². The van der Waals surface area contributed by atoms with Crippen molar-refractivity contribution in [2.75, 3.05) is 11.9 Å². The fourth-order valence-corrected chi connectivity index (χ4v) is 2.68. The number of rotatable bonds is 0. The molecule has 0 aromatic heterocycles. The third kappa shape index (κ3) is 1.93. The maximum absolute atomic E-state index is 4.80. The quantitative estimate of drug-likeness (QED) is 0.691. The third-order valence-electron chi connectivity index (χ3n) is 3.83. The van der Waals surface area contributed by atoms with Crippen molar-refractivity contribution < 1.29 is 0 Å². The average molecular weight is 250 g/mol. The molecule has 2 nitrogen and oxygen atoms in total. The summed E-state index contributed by atoms with van der Waals surface area (Å²) in [5.41, 5.74) is 6.11. The summed E-state index contributed by atoms with van der Waals surface area (Å²) in [6, 6.07) is 17.0. The predicted octanol–water partition coefficient (Wildman–Crippen LogP) is 3.96. The predicted molar refractivity (Wildman–Crippen MR) is 82.0 cm³/mol. The molecule has 1 heterocycles. The fourth-order valence-electron chi connectivity index (χ4n) is 2.68. The molecule has 0 aliphatic carbocycles. The van der Waals surface area contributed by atoms with Gasteiger partial charge in [-0.2, -0.15) is 0 Å². The van der Waals surface area contributed by atoms with Crippen LogP contribution >= 0.6 is 0 Å². The van der Waals surface area contributed by atoms with Crippen LogP contribution in [0.2, 0.25) is 0 Å². The molecule has 0 spiro atoms. The molecule has 0 radical (unpaired) electrons. The summed E-state index contributed by atoms with van der Waals surface area (Å²) < 4.78 is 0. The lowest BCUT2D eigenvalue weighted by Gasteiger charge is -2.29. The number of aliphatic imine (C=N–C) groups is 1. The topological polar surface area (TPSA) is 15.6 Å². The molecular formula is C17H18N2. The van der Waals surface area contributed by atoms with Gasteiger partial charge in [0, 0.05) is 29.6 Å². The highest BCUT2D eigenvalue weighted by molar-refractivity contribution is 6.06. The Morgan fingerprint density at radius 1 is 0.895 bits per heavy atom. The minimum atomic E-state index is 0.148. The van der Waals surface area contributed by atoms with E-state index in [4.69, 9.17) is 4.99 Å². The van der Waals surface area contributed by atoms with Gasteiger partial charge in [0.1, 0.15) is 6.17 Å². The van der Waals surface area contributed by atoms with Crippen LogP contribution in [0, 0.1) is 0 Å². The van der Waals surface area contributed by atoms with Crippen LogP contribution in [0.25, 0.3) is 11.1 Å². The van der Waals surface area contributed by atoms with Crippen molar-refractivity contribution in [1.29, 1.82) is 0 Å². The summed E-state index contributed by atoms with van der Waals surface area (Å²) in [4.78, 5) is 7.03. The molecule has 1 atom stereocenters. The highest BCUT2D eigenvalue weighted by atomic mass is 15.2. The Balaban J connectivity index is 2.35. The molecule has 0 amide bonds. The Morgan fingerprint density at radius 2 is 1.47 bits per heavy atom. The van der Waals surface area contributed by atoms with Crippen LogP contribution in [-0.4, -0.2) is 18.9 Å². The minimum Gasteiger partial charge on any atom is -0.353 e. The summed E-state index contributed by atoms with van der Waals surface area (Å²) >= 11 is 0. The lowest BCUT2D eigenvalue weighted by Crippen LogP contribution is -2.29. The molecule has 1 aliphatic rings. The van der Waals surface area contributed by atoms with E-state index in [0.29, 0.717) is 0 Å². The summed E-state index contributed by atoms with van der Waals surface area (Å²) in [6.45, 7) is 4.23. The first-order valence-corrected chi connectivity index (χ1v) is 6.64. The number of para-hydroxylation sites is 1. The second-order valence-electron chi connectivity index (χ2n) is 5.02. The van der Waals surface area contributed by atoms with Crippen LogP contribution in [0.3, 0.4) is 0 Å². The van der Waals surface area contributed by atoms with Crippen LogP contribution in [0.5, 0.6) is 0 Å². The SMILES string of the molecule is C/C1=N\C(C)N(C)c2ccccc2-c2ccccc21. The van der Waals surface area contributed by atoms with Crippen molar-refractivity contribution in [3.8, 4) is 11.1 Å². The molecule has 1 aliphatic heterocycles. The van der Waals surface area contributed by atoms with E-state index in [1.54, 1.807) is 0 Å². The summed E-state index contributed by atoms with van der Waals surface area (Å²) in [7, 11) is 2.11. The first kappa shape index (κ1) is 12.0. The molecule has 0 saturated carbocycles. The molecular weight excluding hydrogens is 232 g/mol. The molecule has 3 rings (SSSR count). The van der Waals surface area contributed by atoms with Gasteiger partial charge < -0.3 is 4.90 Å². The second-order valence-corrected chi connectivity index (χ2v) is 5.02. The summed E-state index contributed by atoms with van der Waals surface area (Å²) in [6.07, 6.45) is 0.148. The van der Waals surface area contributed by atoms with Gasteiger partial charge in [-0.25, -0.2) is 0 Å². The van der Waals surface area contributed by atoms with Crippen LogP contribution in [0.1, 0.15) is 19.4 Å². The standard InChI is InChI=1S/C17H18N2/c1-12-14-8-4-5-9-15(14)16-10-6-7-11-17(16)19(3)13(2)18-12/h4-11,13H,1-3H3/b18-12+. The lowest BCUT2D eigenvalue weighted by atomic mass is 9.94. The third-order valence-corrected chi connectivity index (χ3v) is 3.83. The van der Waals surface area contributed by atoms with E-state index in [0.717, 1.165) is 5.71 Å². The van der Waals surface area contributed by atoms with Gasteiger partial charge in [-0.15, -0.1) is 0 Å². The van der Waals surface area contributed by atoms with Crippen LogP contribution in [0.4, 0.5) is 5.69 Å². The van der Waals surface area contributed by atoms with Crippen LogP contribution in [0.15, 0.2) is 53.5 Å². The average Bonchev–Trinajstić information content (AvgIpc) is 2.45. The van der Waals surface area contributed by atoms with Gasteiger partial charge in [0.05, 0.1) is 0 Å². The molecule has 96 valence electrons. The molecule has 1 unspecified atom stereocenters. The van der Waals surface area contributed by atoms with Gasteiger partial charge in [0.25, 0.3) is 0 Å². The smallest absolute Gasteiger partial charge is 0.118 e. The first-order valence-electron chi connectivity index (χ1n) is 6.64. The summed E-state index contributed by atoms with van der Waals surface area (Å²) in [5, 5.41) is 0.